The van der Waals surface area contributed by atoms with Crippen molar-refractivity contribution in [3.8, 4) is 0 Å². The van der Waals surface area contributed by atoms with Crippen molar-refractivity contribution in [1.29, 1.82) is 5.41 Å². The van der Waals surface area contributed by atoms with E-state index in [9.17, 15) is 13.2 Å². The van der Waals surface area contributed by atoms with Gasteiger partial charge in [-0.2, -0.15) is 13.2 Å². The van der Waals surface area contributed by atoms with Crippen LogP contribution in [0.2, 0.25) is 0 Å². The molecule has 1 aromatic carbocycles. The lowest BCUT2D eigenvalue weighted by atomic mass is 10.0. The van der Waals surface area contributed by atoms with Gasteiger partial charge in [0.15, 0.2) is 0 Å². The van der Waals surface area contributed by atoms with Crippen LogP contribution in [0.5, 0.6) is 0 Å². The van der Waals surface area contributed by atoms with Crippen LogP contribution in [0.25, 0.3) is 5.57 Å². The van der Waals surface area contributed by atoms with Crippen molar-refractivity contribution in [3.05, 3.63) is 42.0 Å². The molecule has 0 atom stereocenters. The Morgan fingerprint density at radius 1 is 1.13 bits per heavy atom. The van der Waals surface area contributed by atoms with Gasteiger partial charge in [0.2, 0.25) is 0 Å². The molecule has 0 aliphatic carbocycles. The summed E-state index contributed by atoms with van der Waals surface area (Å²) in [6.07, 6.45) is -4.59. The van der Waals surface area contributed by atoms with E-state index in [4.69, 9.17) is 5.41 Å². The molecule has 0 spiro atoms. The second kappa shape index (κ2) is 3.88. The summed E-state index contributed by atoms with van der Waals surface area (Å²) in [6, 6.07) is 5.61. The molecule has 1 rings (SSSR count). The number of alkyl halides is 3. The van der Waals surface area contributed by atoms with Crippen molar-refractivity contribution in [2.24, 2.45) is 0 Å². The molecule has 0 heterocycles. The highest BCUT2D eigenvalue weighted by Gasteiger charge is 2.35. The van der Waals surface area contributed by atoms with E-state index in [-0.39, 0.29) is 5.56 Å². The molecule has 0 aromatic heterocycles. The summed E-state index contributed by atoms with van der Waals surface area (Å²) in [5, 5.41) is 6.91. The molecular formula is C11H10F3N. The standard InChI is InChI=1S/C11H10F3N/c1-7(2)8-3-5-9(6-4-8)10(15)11(12,13)14/h3-6,15H,1H2,2H3. The van der Waals surface area contributed by atoms with Crippen LogP contribution in [-0.2, 0) is 0 Å². The van der Waals surface area contributed by atoms with Gasteiger partial charge >= 0.3 is 6.18 Å². The van der Waals surface area contributed by atoms with Crippen molar-refractivity contribution < 1.29 is 13.2 Å². The summed E-state index contributed by atoms with van der Waals surface area (Å²) in [5.41, 5.74) is 0.0945. The van der Waals surface area contributed by atoms with E-state index < -0.39 is 11.9 Å². The zero-order chi connectivity index (χ0) is 11.6. The molecule has 0 radical (unpaired) electrons. The predicted octanol–water partition coefficient (Wildman–Crippen LogP) is 3.65. The normalized spacial score (nSPS) is 11.2. The maximum absolute atomic E-state index is 12.2. The molecule has 80 valence electrons. The number of nitrogens with one attached hydrogen (secondary N) is 1. The summed E-state index contributed by atoms with van der Waals surface area (Å²) in [4.78, 5) is 0. The van der Waals surface area contributed by atoms with E-state index in [0.717, 1.165) is 11.1 Å². The lowest BCUT2D eigenvalue weighted by Crippen LogP contribution is -2.22. The Morgan fingerprint density at radius 3 is 1.87 bits per heavy atom. The highest BCUT2D eigenvalue weighted by Crippen LogP contribution is 2.22. The maximum Gasteiger partial charge on any atom is 0.433 e. The number of benzene rings is 1. The summed E-state index contributed by atoms with van der Waals surface area (Å²) in [5.74, 6) is 0. The van der Waals surface area contributed by atoms with Crippen LogP contribution < -0.4 is 0 Å². The molecule has 1 N–H and O–H groups in total. The third-order valence-electron chi connectivity index (χ3n) is 1.95. The Hall–Kier alpha value is -1.58. The quantitative estimate of drug-likeness (QED) is 0.725. The first-order chi connectivity index (χ1) is 6.82. The molecule has 0 fully saturated rings. The average molecular weight is 213 g/mol. The van der Waals surface area contributed by atoms with Crippen LogP contribution in [0.3, 0.4) is 0 Å². The minimum atomic E-state index is -4.59. The first-order valence-corrected chi connectivity index (χ1v) is 4.24. The smallest absolute Gasteiger partial charge is 0.296 e. The van der Waals surface area contributed by atoms with Gasteiger partial charge in [0.1, 0.15) is 5.71 Å². The molecule has 0 aliphatic heterocycles. The minimum Gasteiger partial charge on any atom is -0.296 e. The molecule has 4 heteroatoms. The Labute approximate surface area is 85.7 Å². The molecule has 0 unspecified atom stereocenters. The van der Waals surface area contributed by atoms with Crippen LogP contribution in [0.4, 0.5) is 13.2 Å². The van der Waals surface area contributed by atoms with Gasteiger partial charge in [0.05, 0.1) is 0 Å². The van der Waals surface area contributed by atoms with Crippen LogP contribution in [-0.4, -0.2) is 11.9 Å². The second-order valence-electron chi connectivity index (χ2n) is 3.23. The van der Waals surface area contributed by atoms with E-state index in [2.05, 4.69) is 6.58 Å². The zero-order valence-corrected chi connectivity index (χ0v) is 8.15. The molecular weight excluding hydrogens is 203 g/mol. The number of allylic oxidation sites excluding steroid dienone is 1. The van der Waals surface area contributed by atoms with Gasteiger partial charge in [-0.25, -0.2) is 0 Å². The highest BCUT2D eigenvalue weighted by molar-refractivity contribution is 6.02. The fourth-order valence-corrected chi connectivity index (χ4v) is 1.09. The van der Waals surface area contributed by atoms with Gasteiger partial charge in [-0.1, -0.05) is 36.4 Å². The van der Waals surface area contributed by atoms with Crippen LogP contribution in [0.15, 0.2) is 30.8 Å². The van der Waals surface area contributed by atoms with Crippen LogP contribution >= 0.6 is 0 Å². The van der Waals surface area contributed by atoms with E-state index in [1.165, 1.54) is 24.3 Å². The van der Waals surface area contributed by atoms with Crippen molar-refractivity contribution in [2.75, 3.05) is 0 Å². The molecule has 0 bridgehead atoms. The van der Waals surface area contributed by atoms with Gasteiger partial charge in [-0.3, -0.25) is 5.41 Å². The Morgan fingerprint density at radius 2 is 1.53 bits per heavy atom. The van der Waals surface area contributed by atoms with Gasteiger partial charge < -0.3 is 0 Å². The number of hydrogen-bond donors (Lipinski definition) is 1. The number of rotatable bonds is 2. The largest absolute Gasteiger partial charge is 0.433 e. The van der Waals surface area contributed by atoms with Crippen LogP contribution in [0.1, 0.15) is 18.1 Å². The molecule has 1 aromatic rings. The Balaban J connectivity index is 3.00. The van der Waals surface area contributed by atoms with E-state index in [1.54, 1.807) is 6.92 Å². The van der Waals surface area contributed by atoms with E-state index in [1.807, 2.05) is 0 Å². The topological polar surface area (TPSA) is 23.9 Å². The van der Waals surface area contributed by atoms with Crippen molar-refractivity contribution in [2.45, 2.75) is 13.1 Å². The van der Waals surface area contributed by atoms with Crippen molar-refractivity contribution in [1.82, 2.24) is 0 Å². The summed E-state index contributed by atoms with van der Waals surface area (Å²) >= 11 is 0. The fourth-order valence-electron chi connectivity index (χ4n) is 1.09. The first-order valence-electron chi connectivity index (χ1n) is 4.24. The monoisotopic (exact) mass is 213 g/mol. The van der Waals surface area contributed by atoms with Gasteiger partial charge in [-0.15, -0.1) is 0 Å². The second-order valence-corrected chi connectivity index (χ2v) is 3.23. The fraction of sp³-hybridized carbons (Fsp3) is 0.182. The SMILES string of the molecule is C=C(C)c1ccc(C(=N)C(F)(F)F)cc1. The summed E-state index contributed by atoms with van der Waals surface area (Å²) in [6.45, 7) is 5.44. The predicted molar refractivity (Wildman–Crippen MR) is 54.0 cm³/mol. The maximum atomic E-state index is 12.2. The van der Waals surface area contributed by atoms with Crippen LogP contribution in [0, 0.1) is 5.41 Å². The molecule has 15 heavy (non-hydrogen) atoms. The highest BCUT2D eigenvalue weighted by atomic mass is 19.4. The van der Waals surface area contributed by atoms with Gasteiger partial charge in [0.25, 0.3) is 0 Å². The number of hydrogen-bond acceptors (Lipinski definition) is 1. The molecule has 1 nitrogen and oxygen atoms in total. The zero-order valence-electron chi connectivity index (χ0n) is 8.15. The lowest BCUT2D eigenvalue weighted by molar-refractivity contribution is -0.0587. The molecule has 0 saturated carbocycles. The third-order valence-corrected chi connectivity index (χ3v) is 1.95. The van der Waals surface area contributed by atoms with Gasteiger partial charge in [0, 0.05) is 5.56 Å². The van der Waals surface area contributed by atoms with Crippen molar-refractivity contribution >= 4 is 11.3 Å². The lowest BCUT2D eigenvalue weighted by Gasteiger charge is -2.08. The Kier molecular flexibility index (Phi) is 2.98. The summed E-state index contributed by atoms with van der Waals surface area (Å²) < 4.78 is 36.5. The third kappa shape index (κ3) is 2.68. The Bertz CT molecular complexity index is 387. The van der Waals surface area contributed by atoms with E-state index in [0.29, 0.717) is 0 Å². The van der Waals surface area contributed by atoms with E-state index >= 15 is 0 Å². The average Bonchev–Trinajstić information content (AvgIpc) is 2.15. The molecule has 0 saturated heterocycles. The van der Waals surface area contributed by atoms with Gasteiger partial charge in [-0.05, 0) is 12.5 Å². The molecule has 0 aliphatic rings. The summed E-state index contributed by atoms with van der Waals surface area (Å²) in [7, 11) is 0. The minimum absolute atomic E-state index is 0.132. The number of halogens is 3. The first kappa shape index (κ1) is 11.5. The van der Waals surface area contributed by atoms with Crippen molar-refractivity contribution in [3.63, 3.8) is 0 Å². The molecule has 0 amide bonds.